The number of nitrogens with zero attached hydrogens (tertiary/aromatic N) is 1. The van der Waals surface area contributed by atoms with Gasteiger partial charge in [-0.25, -0.2) is 0 Å². The molecule has 0 atom stereocenters. The van der Waals surface area contributed by atoms with E-state index in [4.69, 9.17) is 4.74 Å². The summed E-state index contributed by atoms with van der Waals surface area (Å²) in [6.45, 7) is 2.56. The zero-order valence-electron chi connectivity index (χ0n) is 14.1. The van der Waals surface area contributed by atoms with Crippen LogP contribution >= 0.6 is 24.8 Å². The Balaban J connectivity index is 0.00000156. The molecule has 1 fully saturated rings. The zero-order valence-corrected chi connectivity index (χ0v) is 15.7. The summed E-state index contributed by atoms with van der Waals surface area (Å²) in [5, 5.41) is 7.16. The average molecular weight is 386 g/mol. The fraction of sp³-hybridized carbons (Fsp3) is 0.444. The SMILES string of the molecule is Cl.Cl.O=C(CNCC1CC1)NCCCOc1cccc2cccnc12. The van der Waals surface area contributed by atoms with Crippen LogP contribution in [0.5, 0.6) is 5.75 Å². The first-order valence-corrected chi connectivity index (χ1v) is 8.27. The van der Waals surface area contributed by atoms with Crippen LogP contribution < -0.4 is 15.4 Å². The second-order valence-corrected chi connectivity index (χ2v) is 5.96. The van der Waals surface area contributed by atoms with Gasteiger partial charge >= 0.3 is 0 Å². The highest BCUT2D eigenvalue weighted by Gasteiger charge is 2.20. The van der Waals surface area contributed by atoms with Gasteiger partial charge in [0.15, 0.2) is 0 Å². The molecule has 3 rings (SSSR count). The van der Waals surface area contributed by atoms with Gasteiger partial charge in [0.2, 0.25) is 5.91 Å². The van der Waals surface area contributed by atoms with Crippen LogP contribution in [-0.4, -0.2) is 37.1 Å². The topological polar surface area (TPSA) is 63.2 Å². The van der Waals surface area contributed by atoms with E-state index in [2.05, 4.69) is 15.6 Å². The summed E-state index contributed by atoms with van der Waals surface area (Å²) < 4.78 is 5.79. The molecule has 7 heteroatoms. The number of hydrogen-bond donors (Lipinski definition) is 2. The fourth-order valence-corrected chi connectivity index (χ4v) is 2.45. The van der Waals surface area contributed by atoms with E-state index in [-0.39, 0.29) is 30.7 Å². The lowest BCUT2D eigenvalue weighted by molar-refractivity contribution is -0.120. The number of carbonyl (C=O) groups is 1. The number of hydrogen-bond acceptors (Lipinski definition) is 4. The predicted molar refractivity (Wildman–Crippen MR) is 105 cm³/mol. The van der Waals surface area contributed by atoms with E-state index < -0.39 is 0 Å². The first-order chi connectivity index (χ1) is 11.3. The van der Waals surface area contributed by atoms with Gasteiger partial charge in [0, 0.05) is 18.1 Å². The number of fused-ring (bicyclic) bond motifs is 1. The fourth-order valence-electron chi connectivity index (χ4n) is 2.45. The summed E-state index contributed by atoms with van der Waals surface area (Å²) in [4.78, 5) is 16.0. The summed E-state index contributed by atoms with van der Waals surface area (Å²) in [5.74, 6) is 1.64. The molecule has 25 heavy (non-hydrogen) atoms. The van der Waals surface area contributed by atoms with E-state index in [1.807, 2.05) is 30.3 Å². The molecule has 1 saturated carbocycles. The Morgan fingerprint density at radius 1 is 1.20 bits per heavy atom. The van der Waals surface area contributed by atoms with Gasteiger partial charge in [-0.05, 0) is 43.9 Å². The van der Waals surface area contributed by atoms with Gasteiger partial charge in [-0.15, -0.1) is 24.8 Å². The first kappa shape index (κ1) is 21.5. The second kappa shape index (κ2) is 11.1. The van der Waals surface area contributed by atoms with E-state index >= 15 is 0 Å². The van der Waals surface area contributed by atoms with Crippen molar-refractivity contribution >= 4 is 41.6 Å². The number of aromatic nitrogens is 1. The normalized spacial score (nSPS) is 12.8. The molecule has 0 bridgehead atoms. The minimum atomic E-state index is 0. The van der Waals surface area contributed by atoms with Crippen LogP contribution in [0.15, 0.2) is 36.5 Å². The molecule has 0 aliphatic heterocycles. The van der Waals surface area contributed by atoms with Crippen LogP contribution in [0.4, 0.5) is 0 Å². The molecule has 0 spiro atoms. The van der Waals surface area contributed by atoms with Gasteiger partial charge in [-0.2, -0.15) is 0 Å². The maximum atomic E-state index is 11.6. The zero-order chi connectivity index (χ0) is 15.9. The third-order valence-corrected chi connectivity index (χ3v) is 3.91. The highest BCUT2D eigenvalue weighted by molar-refractivity contribution is 5.85. The first-order valence-electron chi connectivity index (χ1n) is 8.27. The maximum Gasteiger partial charge on any atom is 0.233 e. The van der Waals surface area contributed by atoms with Crippen molar-refractivity contribution in [3.63, 3.8) is 0 Å². The van der Waals surface area contributed by atoms with Crippen molar-refractivity contribution in [3.8, 4) is 5.75 Å². The molecule has 1 aromatic carbocycles. The lowest BCUT2D eigenvalue weighted by Crippen LogP contribution is -2.35. The molecular formula is C18H25Cl2N3O2. The van der Waals surface area contributed by atoms with Gasteiger partial charge in [-0.1, -0.05) is 18.2 Å². The number of ether oxygens (including phenoxy) is 1. The number of pyridine rings is 1. The lowest BCUT2D eigenvalue weighted by Gasteiger charge is -2.09. The molecule has 0 radical (unpaired) electrons. The lowest BCUT2D eigenvalue weighted by atomic mass is 10.2. The standard InChI is InChI=1S/C18H23N3O2.2ClH/c22-17(13-19-12-14-7-8-14)20-10-3-11-23-16-6-1-4-15-5-2-9-21-18(15)16;;/h1-2,4-6,9,14,19H,3,7-8,10-13H2,(H,20,22);2*1H. The summed E-state index contributed by atoms with van der Waals surface area (Å²) in [6.07, 6.45) is 5.14. The Morgan fingerprint density at radius 2 is 2.00 bits per heavy atom. The quantitative estimate of drug-likeness (QED) is 0.651. The van der Waals surface area contributed by atoms with Gasteiger partial charge in [-0.3, -0.25) is 9.78 Å². The molecule has 1 aliphatic carbocycles. The highest BCUT2D eigenvalue weighted by Crippen LogP contribution is 2.27. The van der Waals surface area contributed by atoms with Crippen LogP contribution in [0.25, 0.3) is 10.9 Å². The van der Waals surface area contributed by atoms with Crippen LogP contribution in [0, 0.1) is 5.92 Å². The molecule has 2 N–H and O–H groups in total. The minimum absolute atomic E-state index is 0. The molecule has 2 aromatic rings. The Kier molecular flexibility index (Phi) is 9.57. The van der Waals surface area contributed by atoms with Crippen LogP contribution in [-0.2, 0) is 4.79 Å². The molecule has 0 saturated heterocycles. The highest BCUT2D eigenvalue weighted by atomic mass is 35.5. The molecule has 138 valence electrons. The number of carbonyl (C=O) groups excluding carboxylic acids is 1. The molecule has 1 aromatic heterocycles. The molecule has 1 aliphatic rings. The predicted octanol–water partition coefficient (Wildman–Crippen LogP) is 2.96. The summed E-state index contributed by atoms with van der Waals surface area (Å²) >= 11 is 0. The van der Waals surface area contributed by atoms with Crippen molar-refractivity contribution < 1.29 is 9.53 Å². The third-order valence-electron chi connectivity index (χ3n) is 3.91. The Labute approximate surface area is 160 Å². The molecule has 1 amide bonds. The van der Waals surface area contributed by atoms with Crippen molar-refractivity contribution in [1.29, 1.82) is 0 Å². The van der Waals surface area contributed by atoms with Gasteiger partial charge < -0.3 is 15.4 Å². The average Bonchev–Trinajstić information content (AvgIpc) is 3.39. The Bertz CT molecular complexity index is 660. The minimum Gasteiger partial charge on any atom is -0.491 e. The van der Waals surface area contributed by atoms with E-state index in [9.17, 15) is 4.79 Å². The van der Waals surface area contributed by atoms with Crippen molar-refractivity contribution in [2.45, 2.75) is 19.3 Å². The van der Waals surface area contributed by atoms with Gasteiger partial charge in [0.25, 0.3) is 0 Å². The maximum absolute atomic E-state index is 11.6. The summed E-state index contributed by atoms with van der Waals surface area (Å²) in [6, 6.07) is 9.84. The summed E-state index contributed by atoms with van der Waals surface area (Å²) in [7, 11) is 0. The Morgan fingerprint density at radius 3 is 2.80 bits per heavy atom. The van der Waals surface area contributed by atoms with Crippen molar-refractivity contribution in [2.75, 3.05) is 26.2 Å². The number of benzene rings is 1. The molecule has 1 heterocycles. The van der Waals surface area contributed by atoms with Crippen molar-refractivity contribution in [2.24, 2.45) is 5.92 Å². The van der Waals surface area contributed by atoms with Crippen LogP contribution in [0.3, 0.4) is 0 Å². The van der Waals surface area contributed by atoms with E-state index in [0.29, 0.717) is 19.7 Å². The third kappa shape index (κ3) is 7.06. The number of nitrogens with one attached hydrogen (secondary N) is 2. The number of amides is 1. The number of para-hydroxylation sites is 1. The van der Waals surface area contributed by atoms with Crippen molar-refractivity contribution in [3.05, 3.63) is 36.5 Å². The number of halogens is 2. The van der Waals surface area contributed by atoms with E-state index in [0.717, 1.165) is 35.5 Å². The van der Waals surface area contributed by atoms with E-state index in [1.165, 1.54) is 12.8 Å². The van der Waals surface area contributed by atoms with Crippen LogP contribution in [0.2, 0.25) is 0 Å². The molecule has 0 unspecified atom stereocenters. The van der Waals surface area contributed by atoms with Crippen molar-refractivity contribution in [1.82, 2.24) is 15.6 Å². The van der Waals surface area contributed by atoms with Gasteiger partial charge in [0.05, 0.1) is 13.2 Å². The number of rotatable bonds is 9. The largest absolute Gasteiger partial charge is 0.491 e. The van der Waals surface area contributed by atoms with Gasteiger partial charge in [0.1, 0.15) is 11.3 Å². The van der Waals surface area contributed by atoms with E-state index in [1.54, 1.807) is 6.20 Å². The second-order valence-electron chi connectivity index (χ2n) is 5.96. The molecule has 5 nitrogen and oxygen atoms in total. The Hall–Kier alpha value is -1.56. The monoisotopic (exact) mass is 385 g/mol. The summed E-state index contributed by atoms with van der Waals surface area (Å²) in [5.41, 5.74) is 0.878. The molecular weight excluding hydrogens is 361 g/mol. The smallest absolute Gasteiger partial charge is 0.233 e. The van der Waals surface area contributed by atoms with Crippen LogP contribution in [0.1, 0.15) is 19.3 Å².